The lowest BCUT2D eigenvalue weighted by atomic mass is 10.1. The van der Waals surface area contributed by atoms with Crippen LogP contribution in [-0.2, 0) is 21.2 Å². The standard InChI is InChI=1S/C15H16ClN3O4S2/c16-12-3-1-10(2-4-12)7-17-13(20)8-24-15-19-18-14(23-15)11-5-6-25(21,22)9-11/h1-4,11H,5-9H2,(H,17,20)/t11-/m1/s1. The Labute approximate surface area is 154 Å². The molecule has 1 amide bonds. The smallest absolute Gasteiger partial charge is 0.277 e. The summed E-state index contributed by atoms with van der Waals surface area (Å²) in [6.07, 6.45) is 0.496. The van der Waals surface area contributed by atoms with E-state index in [0.29, 0.717) is 23.9 Å². The Hall–Kier alpha value is -1.58. The van der Waals surface area contributed by atoms with Gasteiger partial charge in [-0.1, -0.05) is 35.5 Å². The summed E-state index contributed by atoms with van der Waals surface area (Å²) in [5.74, 6) is 0.244. The van der Waals surface area contributed by atoms with Crippen LogP contribution in [0.15, 0.2) is 33.9 Å². The van der Waals surface area contributed by atoms with Crippen LogP contribution < -0.4 is 5.32 Å². The van der Waals surface area contributed by atoms with E-state index in [4.69, 9.17) is 16.0 Å². The van der Waals surface area contributed by atoms with E-state index in [-0.39, 0.29) is 34.3 Å². The molecule has 0 bridgehead atoms. The summed E-state index contributed by atoms with van der Waals surface area (Å²) in [4.78, 5) is 11.9. The molecule has 1 saturated heterocycles. The molecule has 25 heavy (non-hydrogen) atoms. The van der Waals surface area contributed by atoms with Gasteiger partial charge in [0.05, 0.1) is 23.2 Å². The Bertz CT molecular complexity index is 852. The average Bonchev–Trinajstić information content (AvgIpc) is 3.18. The van der Waals surface area contributed by atoms with Gasteiger partial charge < -0.3 is 9.73 Å². The number of aromatic nitrogens is 2. The Kier molecular flexibility index (Phi) is 5.65. The number of thioether (sulfide) groups is 1. The predicted octanol–water partition coefficient (Wildman–Crippen LogP) is 2.03. The zero-order valence-corrected chi connectivity index (χ0v) is 15.5. The first-order chi connectivity index (χ1) is 11.9. The van der Waals surface area contributed by atoms with E-state index in [2.05, 4.69) is 15.5 Å². The predicted molar refractivity (Wildman–Crippen MR) is 94.3 cm³/mol. The first-order valence-electron chi connectivity index (χ1n) is 7.59. The molecule has 0 saturated carbocycles. The van der Waals surface area contributed by atoms with Gasteiger partial charge in [0.15, 0.2) is 9.84 Å². The van der Waals surface area contributed by atoms with Crippen LogP contribution in [0.4, 0.5) is 0 Å². The quantitative estimate of drug-likeness (QED) is 0.738. The minimum absolute atomic E-state index is 0.0425. The highest BCUT2D eigenvalue weighted by Crippen LogP contribution is 2.29. The summed E-state index contributed by atoms with van der Waals surface area (Å²) in [5.41, 5.74) is 0.949. The van der Waals surface area contributed by atoms with Crippen LogP contribution in [0.5, 0.6) is 0 Å². The van der Waals surface area contributed by atoms with Gasteiger partial charge in [0, 0.05) is 11.6 Å². The summed E-state index contributed by atoms with van der Waals surface area (Å²) in [6.45, 7) is 0.408. The van der Waals surface area contributed by atoms with Gasteiger partial charge in [-0.25, -0.2) is 8.42 Å². The molecule has 134 valence electrons. The third-order valence-corrected chi connectivity index (χ3v) is 6.57. The number of nitrogens with zero attached hydrogens (tertiary/aromatic N) is 2. The lowest BCUT2D eigenvalue weighted by Gasteiger charge is -2.04. The van der Waals surface area contributed by atoms with Crippen molar-refractivity contribution in [1.82, 2.24) is 15.5 Å². The molecule has 10 heteroatoms. The molecule has 0 radical (unpaired) electrons. The second-order valence-electron chi connectivity index (χ2n) is 5.70. The third-order valence-electron chi connectivity index (χ3n) is 3.73. The molecular formula is C15H16ClN3O4S2. The van der Waals surface area contributed by atoms with Crippen molar-refractivity contribution < 1.29 is 17.6 Å². The number of amides is 1. The minimum Gasteiger partial charge on any atom is -0.416 e. The fourth-order valence-electron chi connectivity index (χ4n) is 2.41. The lowest BCUT2D eigenvalue weighted by Crippen LogP contribution is -2.24. The van der Waals surface area contributed by atoms with Gasteiger partial charge >= 0.3 is 0 Å². The van der Waals surface area contributed by atoms with Crippen LogP contribution in [0.2, 0.25) is 5.02 Å². The maximum Gasteiger partial charge on any atom is 0.277 e. The van der Waals surface area contributed by atoms with Crippen LogP contribution in [0, 0.1) is 0 Å². The van der Waals surface area contributed by atoms with E-state index >= 15 is 0 Å². The summed E-state index contributed by atoms with van der Waals surface area (Å²) >= 11 is 6.93. The van der Waals surface area contributed by atoms with Crippen LogP contribution in [-0.4, -0.2) is 41.8 Å². The van der Waals surface area contributed by atoms with E-state index in [0.717, 1.165) is 17.3 Å². The third kappa shape index (κ3) is 5.20. The number of rotatable bonds is 6. The lowest BCUT2D eigenvalue weighted by molar-refractivity contribution is -0.118. The highest BCUT2D eigenvalue weighted by Gasteiger charge is 2.32. The molecule has 3 rings (SSSR count). The number of nitrogens with one attached hydrogen (secondary N) is 1. The Morgan fingerprint density at radius 1 is 1.32 bits per heavy atom. The zero-order chi connectivity index (χ0) is 17.9. The SMILES string of the molecule is O=C(CSc1nnc([C@@H]2CCS(=O)(=O)C2)o1)NCc1ccc(Cl)cc1. The molecule has 2 heterocycles. The normalized spacial score (nSPS) is 19.0. The molecule has 0 spiro atoms. The molecule has 7 nitrogen and oxygen atoms in total. The maximum atomic E-state index is 11.9. The molecule has 0 unspecified atom stereocenters. The van der Waals surface area contributed by atoms with Crippen LogP contribution >= 0.6 is 23.4 Å². The molecule has 1 atom stereocenters. The summed E-state index contributed by atoms with van der Waals surface area (Å²) in [7, 11) is -3.00. The number of hydrogen-bond acceptors (Lipinski definition) is 7. The van der Waals surface area contributed by atoms with Crippen molar-refractivity contribution in [3.8, 4) is 0 Å². The van der Waals surface area contributed by atoms with Gasteiger partial charge in [-0.15, -0.1) is 10.2 Å². The van der Waals surface area contributed by atoms with E-state index in [1.165, 1.54) is 0 Å². The van der Waals surface area contributed by atoms with E-state index in [1.54, 1.807) is 12.1 Å². The number of benzene rings is 1. The Balaban J connectivity index is 1.45. The van der Waals surface area contributed by atoms with Gasteiger partial charge in [0.2, 0.25) is 11.8 Å². The van der Waals surface area contributed by atoms with Crippen molar-refractivity contribution in [1.29, 1.82) is 0 Å². The maximum absolute atomic E-state index is 11.9. The molecular weight excluding hydrogens is 386 g/mol. The van der Waals surface area contributed by atoms with E-state index in [9.17, 15) is 13.2 Å². The molecule has 1 aliphatic heterocycles. The van der Waals surface area contributed by atoms with Crippen LogP contribution in [0.3, 0.4) is 0 Å². The number of halogens is 1. The molecule has 1 N–H and O–H groups in total. The molecule has 0 aliphatic carbocycles. The second kappa shape index (κ2) is 7.76. The summed E-state index contributed by atoms with van der Waals surface area (Å²) in [6, 6.07) is 7.22. The first kappa shape index (κ1) is 18.2. The van der Waals surface area contributed by atoms with Crippen molar-refractivity contribution in [2.24, 2.45) is 0 Å². The molecule has 2 aromatic rings. The highest BCUT2D eigenvalue weighted by molar-refractivity contribution is 7.99. The monoisotopic (exact) mass is 401 g/mol. The topological polar surface area (TPSA) is 102 Å². The molecule has 1 aromatic carbocycles. The number of carbonyl (C=O) groups excluding carboxylic acids is 1. The summed E-state index contributed by atoms with van der Waals surface area (Å²) in [5, 5.41) is 11.5. The Morgan fingerprint density at radius 3 is 2.76 bits per heavy atom. The average molecular weight is 402 g/mol. The number of carbonyl (C=O) groups is 1. The minimum atomic E-state index is -3.00. The largest absolute Gasteiger partial charge is 0.416 e. The molecule has 1 aliphatic rings. The van der Waals surface area contributed by atoms with Crippen LogP contribution in [0.1, 0.15) is 23.8 Å². The number of hydrogen-bond donors (Lipinski definition) is 1. The summed E-state index contributed by atoms with van der Waals surface area (Å²) < 4.78 is 28.4. The van der Waals surface area contributed by atoms with Crippen molar-refractivity contribution in [3.63, 3.8) is 0 Å². The Morgan fingerprint density at radius 2 is 2.08 bits per heavy atom. The van der Waals surface area contributed by atoms with Gasteiger partial charge in [-0.3, -0.25) is 4.79 Å². The van der Waals surface area contributed by atoms with Crippen molar-refractivity contribution in [2.45, 2.75) is 24.1 Å². The van der Waals surface area contributed by atoms with Gasteiger partial charge in [-0.2, -0.15) is 0 Å². The second-order valence-corrected chi connectivity index (χ2v) is 9.29. The number of sulfone groups is 1. The van der Waals surface area contributed by atoms with Crippen LogP contribution in [0.25, 0.3) is 0 Å². The van der Waals surface area contributed by atoms with Crippen molar-refractivity contribution >= 4 is 39.1 Å². The van der Waals surface area contributed by atoms with E-state index in [1.807, 2.05) is 12.1 Å². The van der Waals surface area contributed by atoms with Gasteiger partial charge in [0.25, 0.3) is 5.22 Å². The fourth-order valence-corrected chi connectivity index (χ4v) is 4.87. The van der Waals surface area contributed by atoms with Crippen molar-refractivity contribution in [3.05, 3.63) is 40.7 Å². The highest BCUT2D eigenvalue weighted by atomic mass is 35.5. The fraction of sp³-hybridized carbons (Fsp3) is 0.400. The van der Waals surface area contributed by atoms with Crippen molar-refractivity contribution in [2.75, 3.05) is 17.3 Å². The van der Waals surface area contributed by atoms with Gasteiger partial charge in [0.1, 0.15) is 0 Å². The molecule has 1 fully saturated rings. The van der Waals surface area contributed by atoms with Gasteiger partial charge in [-0.05, 0) is 24.1 Å². The molecule has 1 aromatic heterocycles. The first-order valence-corrected chi connectivity index (χ1v) is 10.8. The van der Waals surface area contributed by atoms with E-state index < -0.39 is 9.84 Å². The zero-order valence-electron chi connectivity index (χ0n) is 13.1.